The Morgan fingerprint density at radius 3 is 1.44 bits per heavy atom. The number of ether oxygens (including phenoxy) is 4. The number of hydrogen-bond donors (Lipinski definition) is 0. The van der Waals surface area contributed by atoms with Gasteiger partial charge >= 0.3 is 11.9 Å². The highest BCUT2D eigenvalue weighted by Gasteiger charge is 2.21. The minimum absolute atomic E-state index is 0.140. The summed E-state index contributed by atoms with van der Waals surface area (Å²) in [4.78, 5) is 36.9. The van der Waals surface area contributed by atoms with Crippen molar-refractivity contribution in [3.8, 4) is 0 Å². The highest BCUT2D eigenvalue weighted by atomic mass is 16.7. The van der Waals surface area contributed by atoms with Gasteiger partial charge in [-0.1, -0.05) is 164 Å². The van der Waals surface area contributed by atoms with Gasteiger partial charge in [0.2, 0.25) is 0 Å². The number of unbranched alkanes of at least 4 members (excludes halogenated alkanes) is 14. The first-order valence-electron chi connectivity index (χ1n) is 23.1. The number of allylic oxidation sites excluding steroid dienone is 12. The molecule has 2 atom stereocenters. The zero-order valence-corrected chi connectivity index (χ0v) is 38.1. The Bertz CT molecular complexity index is 1200. The molecule has 0 aliphatic heterocycles. The van der Waals surface area contributed by atoms with Crippen LogP contribution in [0.3, 0.4) is 0 Å². The summed E-state index contributed by atoms with van der Waals surface area (Å²) < 4.78 is 22.5. The molecule has 0 saturated heterocycles. The molecule has 9 nitrogen and oxygen atoms in total. The molecule has 0 radical (unpaired) electrons. The van der Waals surface area contributed by atoms with Crippen LogP contribution in [0.1, 0.15) is 168 Å². The van der Waals surface area contributed by atoms with E-state index in [4.69, 9.17) is 18.9 Å². The van der Waals surface area contributed by atoms with Crippen molar-refractivity contribution >= 4 is 17.9 Å². The first-order valence-corrected chi connectivity index (χ1v) is 23.1. The van der Waals surface area contributed by atoms with Crippen molar-refractivity contribution in [2.45, 2.75) is 180 Å². The van der Waals surface area contributed by atoms with Crippen molar-refractivity contribution in [3.63, 3.8) is 0 Å². The minimum Gasteiger partial charge on any atom is -0.545 e. The number of rotatable bonds is 41. The van der Waals surface area contributed by atoms with Gasteiger partial charge in [0.15, 0.2) is 12.4 Å². The van der Waals surface area contributed by atoms with Crippen LogP contribution in [0.4, 0.5) is 0 Å². The SMILES string of the molecule is CC/C=C\C/C=C\C/C=C\C/C=C\C/C=C\C/C=C\CCCCCCC(=O)OC(COC(=O)CCCCCCCCCCCCC)COC(OCC[N+](C)(C)C)C(=O)[O-]. The Morgan fingerprint density at radius 1 is 0.525 bits per heavy atom. The predicted molar refractivity (Wildman–Crippen MR) is 241 cm³/mol. The summed E-state index contributed by atoms with van der Waals surface area (Å²) in [6.07, 6.45) is 47.9. The largest absolute Gasteiger partial charge is 0.545 e. The molecule has 0 aliphatic rings. The molecule has 0 aromatic carbocycles. The monoisotopic (exact) mass is 828 g/mol. The second kappa shape index (κ2) is 41.5. The molecular weight excluding hydrogens is 743 g/mol. The number of likely N-dealkylation sites (N-methyl/N-ethyl adjacent to an activating group) is 1. The van der Waals surface area contributed by atoms with Gasteiger partial charge in [0, 0.05) is 12.8 Å². The fourth-order valence-electron chi connectivity index (χ4n) is 5.89. The Balaban J connectivity index is 4.45. The second-order valence-electron chi connectivity index (χ2n) is 16.3. The molecule has 0 bridgehead atoms. The van der Waals surface area contributed by atoms with Crippen LogP contribution in [0.25, 0.3) is 0 Å². The van der Waals surface area contributed by atoms with E-state index < -0.39 is 24.3 Å². The molecule has 338 valence electrons. The first-order chi connectivity index (χ1) is 28.6. The number of esters is 2. The average molecular weight is 828 g/mol. The van der Waals surface area contributed by atoms with Crippen LogP contribution in [-0.2, 0) is 33.3 Å². The van der Waals surface area contributed by atoms with Crippen LogP contribution >= 0.6 is 0 Å². The molecule has 0 aliphatic carbocycles. The summed E-state index contributed by atoms with van der Waals surface area (Å²) in [6, 6.07) is 0. The average Bonchev–Trinajstić information content (AvgIpc) is 3.19. The van der Waals surface area contributed by atoms with E-state index >= 15 is 0 Å². The van der Waals surface area contributed by atoms with Gasteiger partial charge in [-0.25, -0.2) is 0 Å². The lowest BCUT2D eigenvalue weighted by molar-refractivity contribution is -0.870. The minimum atomic E-state index is -1.63. The highest BCUT2D eigenvalue weighted by Crippen LogP contribution is 2.13. The molecule has 0 saturated carbocycles. The summed E-state index contributed by atoms with van der Waals surface area (Å²) in [5.41, 5.74) is 0. The van der Waals surface area contributed by atoms with Gasteiger partial charge in [0.25, 0.3) is 0 Å². The standard InChI is InChI=1S/C50H85NO8/c1-6-8-10-12-14-16-18-19-20-21-22-23-24-25-26-27-28-29-31-33-35-37-39-41-48(53)59-46(45-58-50(49(54)55)56-43-42-51(3,4)5)44-57-47(52)40-38-36-34-32-30-17-15-13-11-9-7-2/h8,10,14,16,19-20,22-23,25-26,28-29,46,50H,6-7,9,11-13,15,17-18,21,24,27,30-45H2,1-5H3/b10-8-,16-14-,20-19-,23-22-,26-25-,29-28-. The third-order valence-corrected chi connectivity index (χ3v) is 9.47. The zero-order valence-electron chi connectivity index (χ0n) is 38.1. The molecule has 0 rings (SSSR count). The Labute approximate surface area is 360 Å². The summed E-state index contributed by atoms with van der Waals surface area (Å²) >= 11 is 0. The quantitative estimate of drug-likeness (QED) is 0.0197. The third-order valence-electron chi connectivity index (χ3n) is 9.47. The zero-order chi connectivity index (χ0) is 43.5. The highest BCUT2D eigenvalue weighted by molar-refractivity contribution is 5.70. The van der Waals surface area contributed by atoms with Crippen LogP contribution < -0.4 is 5.11 Å². The van der Waals surface area contributed by atoms with Gasteiger partial charge in [-0.05, 0) is 64.2 Å². The van der Waals surface area contributed by atoms with Gasteiger partial charge in [-0.2, -0.15) is 0 Å². The van der Waals surface area contributed by atoms with E-state index in [1.165, 1.54) is 51.4 Å². The number of carboxylic acids is 1. The molecule has 0 N–H and O–H groups in total. The summed E-state index contributed by atoms with van der Waals surface area (Å²) in [6.45, 7) is 4.57. The third kappa shape index (κ3) is 42.7. The molecule has 59 heavy (non-hydrogen) atoms. The summed E-state index contributed by atoms with van der Waals surface area (Å²) in [5, 5.41) is 11.7. The van der Waals surface area contributed by atoms with Crippen molar-refractivity contribution < 1.29 is 42.9 Å². The van der Waals surface area contributed by atoms with Gasteiger partial charge < -0.3 is 33.3 Å². The number of quaternary nitrogens is 1. The number of hydrogen-bond acceptors (Lipinski definition) is 8. The number of carbonyl (C=O) groups excluding carboxylic acids is 3. The van der Waals surface area contributed by atoms with Crippen molar-refractivity contribution in [2.24, 2.45) is 0 Å². The van der Waals surface area contributed by atoms with E-state index in [1.807, 2.05) is 21.1 Å². The Kier molecular flexibility index (Phi) is 39.2. The van der Waals surface area contributed by atoms with E-state index in [1.54, 1.807) is 0 Å². The van der Waals surface area contributed by atoms with Crippen LogP contribution in [0.5, 0.6) is 0 Å². The first kappa shape index (κ1) is 55.7. The molecule has 9 heteroatoms. The van der Waals surface area contributed by atoms with Crippen LogP contribution in [0.15, 0.2) is 72.9 Å². The predicted octanol–water partition coefficient (Wildman–Crippen LogP) is 11.0. The Hall–Kier alpha value is -3.27. The van der Waals surface area contributed by atoms with E-state index in [9.17, 15) is 19.5 Å². The van der Waals surface area contributed by atoms with E-state index in [2.05, 4.69) is 86.8 Å². The molecule has 0 aromatic rings. The lowest BCUT2D eigenvalue weighted by atomic mass is 10.1. The van der Waals surface area contributed by atoms with Crippen LogP contribution in [-0.4, -0.2) is 82.3 Å². The molecule has 0 heterocycles. The van der Waals surface area contributed by atoms with Crippen LogP contribution in [0, 0.1) is 0 Å². The molecule has 0 aromatic heterocycles. The molecular formula is C50H85NO8. The maximum atomic E-state index is 12.8. The maximum Gasteiger partial charge on any atom is 0.306 e. The molecule has 0 spiro atoms. The lowest BCUT2D eigenvalue weighted by Crippen LogP contribution is -2.44. The maximum absolute atomic E-state index is 12.8. The van der Waals surface area contributed by atoms with Gasteiger partial charge in [0.1, 0.15) is 13.2 Å². The van der Waals surface area contributed by atoms with E-state index in [0.717, 1.165) is 83.5 Å². The van der Waals surface area contributed by atoms with E-state index in [-0.39, 0.29) is 38.6 Å². The molecule has 0 amide bonds. The molecule has 2 unspecified atom stereocenters. The number of carbonyl (C=O) groups is 3. The van der Waals surface area contributed by atoms with Crippen molar-refractivity contribution in [3.05, 3.63) is 72.9 Å². The van der Waals surface area contributed by atoms with Crippen LogP contribution in [0.2, 0.25) is 0 Å². The van der Waals surface area contributed by atoms with Gasteiger partial charge in [-0.15, -0.1) is 0 Å². The van der Waals surface area contributed by atoms with E-state index in [0.29, 0.717) is 17.4 Å². The van der Waals surface area contributed by atoms with Gasteiger partial charge in [0.05, 0.1) is 40.3 Å². The fraction of sp³-hybridized carbons (Fsp3) is 0.700. The van der Waals surface area contributed by atoms with Crippen molar-refractivity contribution in [1.82, 2.24) is 0 Å². The number of carboxylic acid groups (broad SMARTS) is 1. The smallest absolute Gasteiger partial charge is 0.306 e. The summed E-state index contributed by atoms with van der Waals surface area (Å²) in [7, 11) is 5.89. The van der Waals surface area contributed by atoms with Crippen molar-refractivity contribution in [2.75, 3.05) is 47.5 Å². The van der Waals surface area contributed by atoms with Gasteiger partial charge in [-0.3, -0.25) is 9.59 Å². The number of nitrogens with zero attached hydrogens (tertiary/aromatic N) is 1. The molecule has 0 fully saturated rings. The lowest BCUT2D eigenvalue weighted by Gasteiger charge is -2.26. The Morgan fingerprint density at radius 2 is 0.966 bits per heavy atom. The topological polar surface area (TPSA) is 111 Å². The summed E-state index contributed by atoms with van der Waals surface area (Å²) in [5.74, 6) is -2.33. The second-order valence-corrected chi connectivity index (χ2v) is 16.3. The fourth-order valence-corrected chi connectivity index (χ4v) is 5.89. The number of aliphatic carboxylic acids is 1. The van der Waals surface area contributed by atoms with Crippen molar-refractivity contribution in [1.29, 1.82) is 0 Å². The normalized spacial score (nSPS) is 13.6.